The molecule has 0 heterocycles. The average molecular weight is 144 g/mol. The Bertz CT molecular complexity index is 138. The first-order valence-corrected chi connectivity index (χ1v) is 3.28. The van der Waals surface area contributed by atoms with E-state index in [2.05, 4.69) is 4.74 Å². The third-order valence-corrected chi connectivity index (χ3v) is 0.882. The number of aliphatic hydroxyl groups is 1. The van der Waals surface area contributed by atoms with Gasteiger partial charge in [-0.05, 0) is 19.4 Å². The lowest BCUT2D eigenvalue weighted by Crippen LogP contribution is -2.06. The summed E-state index contributed by atoms with van der Waals surface area (Å²) >= 11 is 0. The van der Waals surface area contributed by atoms with Crippen LogP contribution in [0.5, 0.6) is 0 Å². The molecular formula is C7H12O3. The van der Waals surface area contributed by atoms with Crippen LogP contribution < -0.4 is 0 Å². The quantitative estimate of drug-likeness (QED) is 0.370. The van der Waals surface area contributed by atoms with Crippen molar-refractivity contribution < 1.29 is 14.6 Å². The number of ether oxygens (including phenoxy) is 1. The van der Waals surface area contributed by atoms with Crippen LogP contribution in [0.1, 0.15) is 20.3 Å². The van der Waals surface area contributed by atoms with Gasteiger partial charge in [0.1, 0.15) is 0 Å². The minimum Gasteiger partial charge on any atom is -0.502 e. The maximum absolute atomic E-state index is 10.6. The van der Waals surface area contributed by atoms with Gasteiger partial charge in [0.25, 0.3) is 0 Å². The van der Waals surface area contributed by atoms with Crippen molar-refractivity contribution in [1.82, 2.24) is 0 Å². The van der Waals surface area contributed by atoms with Crippen LogP contribution in [-0.2, 0) is 9.53 Å². The van der Waals surface area contributed by atoms with Gasteiger partial charge in [0.05, 0.1) is 6.61 Å². The molecule has 0 aromatic rings. The molecule has 0 saturated carbocycles. The molecule has 0 spiro atoms. The Morgan fingerprint density at radius 3 is 2.60 bits per heavy atom. The molecule has 58 valence electrons. The maximum atomic E-state index is 10.6. The molecule has 3 nitrogen and oxygen atoms in total. The number of carbonyl (C=O) groups is 1. The Morgan fingerprint density at radius 1 is 1.60 bits per heavy atom. The number of allylic oxidation sites excluding steroid dienone is 1. The molecule has 0 fully saturated rings. The molecule has 0 atom stereocenters. The smallest absolute Gasteiger partial charge is 0.373 e. The Kier molecular flexibility index (Phi) is 4.37. The third-order valence-electron chi connectivity index (χ3n) is 0.882. The summed E-state index contributed by atoms with van der Waals surface area (Å²) in [6.07, 6.45) is 2.04. The number of aliphatic hydroxyl groups excluding tert-OH is 1. The fourth-order valence-corrected chi connectivity index (χ4v) is 0.482. The fraction of sp³-hybridized carbons (Fsp3) is 0.571. The lowest BCUT2D eigenvalue weighted by Gasteiger charge is -1.98. The van der Waals surface area contributed by atoms with Crippen LogP contribution in [0.2, 0.25) is 0 Å². The second-order valence-electron chi connectivity index (χ2n) is 1.72. The first-order valence-electron chi connectivity index (χ1n) is 3.28. The Labute approximate surface area is 60.3 Å². The van der Waals surface area contributed by atoms with E-state index < -0.39 is 5.97 Å². The van der Waals surface area contributed by atoms with E-state index in [9.17, 15) is 4.79 Å². The van der Waals surface area contributed by atoms with Crippen LogP contribution in [0.15, 0.2) is 11.8 Å². The van der Waals surface area contributed by atoms with Crippen molar-refractivity contribution in [2.45, 2.75) is 20.3 Å². The van der Waals surface area contributed by atoms with Crippen molar-refractivity contribution >= 4 is 5.97 Å². The standard InChI is InChI=1S/C7H12O3/c1-3-5-6(8)7(9)10-4-2/h5,8H,3-4H2,1-2H3. The number of rotatable bonds is 3. The molecular weight excluding hydrogens is 132 g/mol. The van der Waals surface area contributed by atoms with Crippen LogP contribution in [0.4, 0.5) is 0 Å². The van der Waals surface area contributed by atoms with E-state index >= 15 is 0 Å². The minimum atomic E-state index is -0.649. The molecule has 0 bridgehead atoms. The number of carbonyl (C=O) groups excluding carboxylic acids is 1. The zero-order valence-electron chi connectivity index (χ0n) is 6.26. The first-order chi connectivity index (χ1) is 4.72. The molecule has 0 saturated heterocycles. The Morgan fingerprint density at radius 2 is 2.20 bits per heavy atom. The Hall–Kier alpha value is -0.990. The zero-order chi connectivity index (χ0) is 7.98. The van der Waals surface area contributed by atoms with Crippen LogP contribution in [0, 0.1) is 0 Å². The van der Waals surface area contributed by atoms with E-state index in [0.29, 0.717) is 13.0 Å². The van der Waals surface area contributed by atoms with Crippen LogP contribution in [0.25, 0.3) is 0 Å². The molecule has 0 radical (unpaired) electrons. The molecule has 3 heteroatoms. The summed E-state index contributed by atoms with van der Waals surface area (Å²) in [5.41, 5.74) is 0. The molecule has 0 unspecified atom stereocenters. The summed E-state index contributed by atoms with van der Waals surface area (Å²) in [7, 11) is 0. The lowest BCUT2D eigenvalue weighted by molar-refractivity contribution is -0.141. The number of esters is 1. The largest absolute Gasteiger partial charge is 0.502 e. The van der Waals surface area contributed by atoms with Crippen LogP contribution >= 0.6 is 0 Å². The van der Waals surface area contributed by atoms with E-state index in [4.69, 9.17) is 5.11 Å². The van der Waals surface area contributed by atoms with E-state index in [0.717, 1.165) is 0 Å². The van der Waals surface area contributed by atoms with Crippen molar-refractivity contribution in [1.29, 1.82) is 0 Å². The fourth-order valence-electron chi connectivity index (χ4n) is 0.482. The van der Waals surface area contributed by atoms with Crippen molar-refractivity contribution in [3.05, 3.63) is 11.8 Å². The van der Waals surface area contributed by atoms with E-state index in [1.54, 1.807) is 6.92 Å². The maximum Gasteiger partial charge on any atom is 0.373 e. The van der Waals surface area contributed by atoms with Gasteiger partial charge in [0.15, 0.2) is 5.76 Å². The van der Waals surface area contributed by atoms with Gasteiger partial charge in [-0.25, -0.2) is 4.79 Å². The molecule has 1 N–H and O–H groups in total. The van der Waals surface area contributed by atoms with E-state index in [-0.39, 0.29) is 5.76 Å². The minimum absolute atomic E-state index is 0.292. The highest BCUT2D eigenvalue weighted by atomic mass is 16.5. The van der Waals surface area contributed by atoms with Gasteiger partial charge in [-0.1, -0.05) is 6.92 Å². The van der Waals surface area contributed by atoms with Gasteiger partial charge in [-0.15, -0.1) is 0 Å². The van der Waals surface area contributed by atoms with Crippen molar-refractivity contribution in [3.8, 4) is 0 Å². The molecule has 0 rings (SSSR count). The Balaban J connectivity index is 3.82. The van der Waals surface area contributed by atoms with Gasteiger partial charge in [-0.3, -0.25) is 0 Å². The molecule has 10 heavy (non-hydrogen) atoms. The second kappa shape index (κ2) is 4.85. The topological polar surface area (TPSA) is 46.5 Å². The monoisotopic (exact) mass is 144 g/mol. The number of hydrogen-bond acceptors (Lipinski definition) is 3. The summed E-state index contributed by atoms with van der Waals surface area (Å²) in [5.74, 6) is -0.950. The third kappa shape index (κ3) is 3.12. The van der Waals surface area contributed by atoms with Crippen LogP contribution in [0.3, 0.4) is 0 Å². The summed E-state index contributed by atoms with van der Waals surface area (Å²) < 4.78 is 4.50. The van der Waals surface area contributed by atoms with E-state index in [1.807, 2.05) is 6.92 Å². The van der Waals surface area contributed by atoms with Gasteiger partial charge >= 0.3 is 5.97 Å². The second-order valence-corrected chi connectivity index (χ2v) is 1.72. The highest BCUT2D eigenvalue weighted by Gasteiger charge is 2.05. The summed E-state index contributed by atoms with van der Waals surface area (Å²) in [4.78, 5) is 10.6. The molecule has 0 aliphatic heterocycles. The number of hydrogen-bond donors (Lipinski definition) is 1. The van der Waals surface area contributed by atoms with E-state index in [1.165, 1.54) is 6.08 Å². The molecule has 0 aliphatic rings. The highest BCUT2D eigenvalue weighted by Crippen LogP contribution is 1.94. The molecule has 0 aromatic carbocycles. The predicted molar refractivity (Wildman–Crippen MR) is 37.6 cm³/mol. The summed E-state index contributed by atoms with van der Waals surface area (Å²) in [6.45, 7) is 3.81. The SMILES string of the molecule is CCC=C(O)C(=O)OCC. The first kappa shape index (κ1) is 9.01. The average Bonchev–Trinajstić information content (AvgIpc) is 1.89. The van der Waals surface area contributed by atoms with Crippen LogP contribution in [-0.4, -0.2) is 17.7 Å². The molecule has 0 aliphatic carbocycles. The highest BCUT2D eigenvalue weighted by molar-refractivity contribution is 5.85. The lowest BCUT2D eigenvalue weighted by atomic mass is 10.4. The zero-order valence-corrected chi connectivity index (χ0v) is 6.26. The van der Waals surface area contributed by atoms with Crippen molar-refractivity contribution in [2.75, 3.05) is 6.61 Å². The van der Waals surface area contributed by atoms with Gasteiger partial charge in [-0.2, -0.15) is 0 Å². The van der Waals surface area contributed by atoms with Crippen molar-refractivity contribution in [3.63, 3.8) is 0 Å². The molecule has 0 amide bonds. The summed E-state index contributed by atoms with van der Waals surface area (Å²) in [6, 6.07) is 0. The predicted octanol–water partition coefficient (Wildman–Crippen LogP) is 1.40. The van der Waals surface area contributed by atoms with Crippen molar-refractivity contribution in [2.24, 2.45) is 0 Å². The summed E-state index contributed by atoms with van der Waals surface area (Å²) in [5, 5.41) is 8.84. The van der Waals surface area contributed by atoms with Gasteiger partial charge in [0, 0.05) is 0 Å². The normalized spacial score (nSPS) is 11.2. The molecule has 0 aromatic heterocycles. The van der Waals surface area contributed by atoms with Gasteiger partial charge < -0.3 is 9.84 Å². The van der Waals surface area contributed by atoms with Gasteiger partial charge in [0.2, 0.25) is 0 Å².